The van der Waals surface area contributed by atoms with E-state index in [9.17, 15) is 10.2 Å². The second kappa shape index (κ2) is 9.16. The molecular formula is C18H26IN3O2S. The van der Waals surface area contributed by atoms with Gasteiger partial charge in [0.2, 0.25) is 0 Å². The number of hydrogen-bond donors (Lipinski definition) is 4. The molecule has 25 heavy (non-hydrogen) atoms. The zero-order chi connectivity index (χ0) is 17.0. The highest BCUT2D eigenvalue weighted by Crippen LogP contribution is 2.31. The summed E-state index contributed by atoms with van der Waals surface area (Å²) in [4.78, 5) is 5.39. The van der Waals surface area contributed by atoms with E-state index in [0.29, 0.717) is 19.0 Å². The summed E-state index contributed by atoms with van der Waals surface area (Å²) in [5.74, 6) is 0.637. The molecule has 0 bridgehead atoms. The first kappa shape index (κ1) is 20.4. The molecule has 2 aromatic rings. The van der Waals surface area contributed by atoms with Crippen LogP contribution in [0, 0.1) is 0 Å². The average Bonchev–Trinajstić information content (AvgIpc) is 2.99. The molecule has 1 aliphatic carbocycles. The van der Waals surface area contributed by atoms with Gasteiger partial charge in [0.1, 0.15) is 6.10 Å². The number of guanidine groups is 1. The third-order valence-electron chi connectivity index (χ3n) is 4.40. The Morgan fingerprint density at radius 3 is 2.72 bits per heavy atom. The van der Waals surface area contributed by atoms with Gasteiger partial charge >= 0.3 is 0 Å². The molecule has 0 saturated heterocycles. The summed E-state index contributed by atoms with van der Waals surface area (Å²) in [5, 5.41) is 28.1. The number of benzene rings is 1. The van der Waals surface area contributed by atoms with Crippen LogP contribution in [0.3, 0.4) is 0 Å². The fourth-order valence-electron chi connectivity index (χ4n) is 2.77. The molecule has 138 valence electrons. The second-order valence-electron chi connectivity index (χ2n) is 6.36. The predicted molar refractivity (Wildman–Crippen MR) is 115 cm³/mol. The minimum atomic E-state index is -0.632. The fraction of sp³-hybridized carbons (Fsp3) is 0.500. The van der Waals surface area contributed by atoms with Gasteiger partial charge in [-0.1, -0.05) is 18.2 Å². The maximum atomic E-state index is 10.4. The lowest BCUT2D eigenvalue weighted by Crippen LogP contribution is -2.44. The van der Waals surface area contributed by atoms with E-state index in [4.69, 9.17) is 0 Å². The fourth-order valence-corrected chi connectivity index (χ4v) is 3.82. The van der Waals surface area contributed by atoms with Crippen molar-refractivity contribution in [1.82, 2.24) is 10.6 Å². The molecular weight excluding hydrogens is 449 g/mol. The molecule has 1 aromatic heterocycles. The van der Waals surface area contributed by atoms with Crippen molar-refractivity contribution < 1.29 is 10.2 Å². The third kappa shape index (κ3) is 5.29. The lowest BCUT2D eigenvalue weighted by atomic mass is 9.80. The molecule has 5 nitrogen and oxygen atoms in total. The Labute approximate surface area is 169 Å². The summed E-state index contributed by atoms with van der Waals surface area (Å²) < 4.78 is 1.18. The summed E-state index contributed by atoms with van der Waals surface area (Å²) in [7, 11) is 0. The highest BCUT2D eigenvalue weighted by molar-refractivity contribution is 14.0. The summed E-state index contributed by atoms with van der Waals surface area (Å²) in [6, 6.07) is 10.2. The SMILES string of the molecule is CCNC(=NCC1(O)CCC1)NCC(O)c1cc2ccccc2s1.I. The molecule has 1 atom stereocenters. The van der Waals surface area contributed by atoms with Crippen molar-refractivity contribution in [2.45, 2.75) is 37.9 Å². The van der Waals surface area contributed by atoms with Crippen LogP contribution in [0.5, 0.6) is 0 Å². The molecule has 0 amide bonds. The number of fused-ring (bicyclic) bond motifs is 1. The van der Waals surface area contributed by atoms with Crippen molar-refractivity contribution >= 4 is 51.4 Å². The first-order valence-electron chi connectivity index (χ1n) is 8.51. The number of nitrogens with one attached hydrogen (secondary N) is 2. The van der Waals surface area contributed by atoms with E-state index in [2.05, 4.69) is 27.8 Å². The standard InChI is InChI=1S/C18H25N3O2S.HI/c1-2-19-17(21-12-18(23)8-5-9-18)20-11-14(22)16-10-13-6-3-4-7-15(13)24-16;/h3-4,6-7,10,14,22-23H,2,5,8-9,11-12H2,1H3,(H2,19,20,21);1H. The first-order valence-corrected chi connectivity index (χ1v) is 9.32. The normalized spacial score (nSPS) is 17.5. The van der Waals surface area contributed by atoms with Crippen LogP contribution in [0.1, 0.15) is 37.2 Å². The molecule has 1 aromatic carbocycles. The monoisotopic (exact) mass is 475 g/mol. The van der Waals surface area contributed by atoms with Gasteiger partial charge in [-0.2, -0.15) is 0 Å². The van der Waals surface area contributed by atoms with Gasteiger partial charge in [-0.15, -0.1) is 35.3 Å². The van der Waals surface area contributed by atoms with Gasteiger partial charge < -0.3 is 20.8 Å². The van der Waals surface area contributed by atoms with Crippen molar-refractivity contribution in [2.75, 3.05) is 19.6 Å². The summed E-state index contributed by atoms with van der Waals surface area (Å²) >= 11 is 1.61. The molecule has 1 aliphatic rings. The van der Waals surface area contributed by atoms with Gasteiger partial charge in [0.05, 0.1) is 12.1 Å². The number of thiophene rings is 1. The van der Waals surface area contributed by atoms with E-state index in [-0.39, 0.29) is 24.0 Å². The number of halogens is 1. The Kier molecular flexibility index (Phi) is 7.48. The van der Waals surface area contributed by atoms with Crippen LogP contribution in [0.15, 0.2) is 35.3 Å². The number of aliphatic hydroxyl groups excluding tert-OH is 1. The van der Waals surface area contributed by atoms with Crippen molar-refractivity contribution in [3.8, 4) is 0 Å². The highest BCUT2D eigenvalue weighted by atomic mass is 127. The van der Waals surface area contributed by atoms with E-state index >= 15 is 0 Å². The summed E-state index contributed by atoms with van der Waals surface area (Å²) in [6.07, 6.45) is 2.12. The Morgan fingerprint density at radius 2 is 2.08 bits per heavy atom. The number of rotatable bonds is 6. The van der Waals surface area contributed by atoms with Crippen molar-refractivity contribution in [3.63, 3.8) is 0 Å². The van der Waals surface area contributed by atoms with E-state index < -0.39 is 11.7 Å². The maximum absolute atomic E-state index is 10.4. The Balaban J connectivity index is 0.00000225. The number of aliphatic imine (C=N–C) groups is 1. The van der Waals surface area contributed by atoms with Gasteiger partial charge in [0.25, 0.3) is 0 Å². The summed E-state index contributed by atoms with van der Waals surface area (Å²) in [6.45, 7) is 3.53. The topological polar surface area (TPSA) is 76.9 Å². The minimum absolute atomic E-state index is 0. The number of nitrogens with zero attached hydrogens (tertiary/aromatic N) is 1. The zero-order valence-corrected chi connectivity index (χ0v) is 17.5. The molecule has 4 N–H and O–H groups in total. The van der Waals surface area contributed by atoms with Gasteiger partial charge in [-0.3, -0.25) is 4.99 Å². The molecule has 1 unspecified atom stereocenters. The van der Waals surface area contributed by atoms with Crippen LogP contribution in [0.25, 0.3) is 10.1 Å². The minimum Gasteiger partial charge on any atom is -0.388 e. The summed E-state index contributed by atoms with van der Waals surface area (Å²) in [5.41, 5.74) is -0.632. The van der Waals surface area contributed by atoms with Gasteiger partial charge in [0.15, 0.2) is 5.96 Å². The lowest BCUT2D eigenvalue weighted by Gasteiger charge is -2.35. The molecule has 1 heterocycles. The molecule has 7 heteroatoms. The molecule has 1 saturated carbocycles. The van der Waals surface area contributed by atoms with Crippen LogP contribution >= 0.6 is 35.3 Å². The van der Waals surface area contributed by atoms with Crippen LogP contribution in [0.2, 0.25) is 0 Å². The van der Waals surface area contributed by atoms with Crippen LogP contribution in [0.4, 0.5) is 0 Å². The van der Waals surface area contributed by atoms with Crippen molar-refractivity contribution in [3.05, 3.63) is 35.2 Å². The smallest absolute Gasteiger partial charge is 0.191 e. The Bertz CT molecular complexity index is 682. The largest absolute Gasteiger partial charge is 0.388 e. The van der Waals surface area contributed by atoms with Crippen LogP contribution < -0.4 is 10.6 Å². The maximum Gasteiger partial charge on any atom is 0.191 e. The van der Waals surface area contributed by atoms with Crippen molar-refractivity contribution in [1.29, 1.82) is 0 Å². The first-order chi connectivity index (χ1) is 11.6. The third-order valence-corrected chi connectivity index (χ3v) is 5.61. The highest BCUT2D eigenvalue weighted by Gasteiger charge is 2.34. The van der Waals surface area contributed by atoms with Crippen molar-refractivity contribution in [2.24, 2.45) is 4.99 Å². The molecule has 3 rings (SSSR count). The van der Waals surface area contributed by atoms with E-state index in [1.807, 2.05) is 25.1 Å². The number of aliphatic hydroxyl groups is 2. The van der Waals surface area contributed by atoms with Gasteiger partial charge in [-0.25, -0.2) is 0 Å². The second-order valence-corrected chi connectivity index (χ2v) is 7.47. The average molecular weight is 475 g/mol. The molecule has 0 aliphatic heterocycles. The van der Waals surface area contributed by atoms with E-state index in [1.54, 1.807) is 11.3 Å². The van der Waals surface area contributed by atoms with E-state index in [1.165, 1.54) is 4.70 Å². The quantitative estimate of drug-likeness (QED) is 0.295. The molecule has 0 spiro atoms. The zero-order valence-electron chi connectivity index (χ0n) is 14.4. The molecule has 0 radical (unpaired) electrons. The van der Waals surface area contributed by atoms with Crippen LogP contribution in [-0.2, 0) is 0 Å². The van der Waals surface area contributed by atoms with E-state index in [0.717, 1.165) is 36.1 Å². The van der Waals surface area contributed by atoms with Gasteiger partial charge in [0, 0.05) is 22.7 Å². The van der Waals surface area contributed by atoms with Crippen LogP contribution in [-0.4, -0.2) is 41.4 Å². The Morgan fingerprint density at radius 1 is 1.32 bits per heavy atom. The lowest BCUT2D eigenvalue weighted by molar-refractivity contribution is -0.0236. The molecule has 1 fully saturated rings. The number of hydrogen-bond acceptors (Lipinski definition) is 4. The predicted octanol–water partition coefficient (Wildman–Crippen LogP) is 3.02. The van der Waals surface area contributed by atoms with Gasteiger partial charge in [-0.05, 0) is 43.7 Å². The Hall–Kier alpha value is -0.900.